The van der Waals surface area contributed by atoms with Crippen LogP contribution in [0.25, 0.3) is 0 Å². The zero-order chi connectivity index (χ0) is 9.02. The van der Waals surface area contributed by atoms with Crippen LogP contribution >= 0.6 is 0 Å². The van der Waals surface area contributed by atoms with Gasteiger partial charge in [-0.15, -0.1) is 6.58 Å². The third-order valence-electron chi connectivity index (χ3n) is 2.31. The minimum absolute atomic E-state index is 0.285. The normalized spacial score (nSPS) is 16.5. The third kappa shape index (κ3) is 4.20. The van der Waals surface area contributed by atoms with Gasteiger partial charge in [0.05, 0.1) is 0 Å². The predicted octanol–water partition coefficient (Wildman–Crippen LogP) is 2.57. The van der Waals surface area contributed by atoms with Gasteiger partial charge in [0.1, 0.15) is 0 Å². The molecule has 0 heterocycles. The van der Waals surface area contributed by atoms with Crippen LogP contribution in [0.15, 0.2) is 12.2 Å². The van der Waals surface area contributed by atoms with Crippen molar-refractivity contribution < 1.29 is 0 Å². The van der Waals surface area contributed by atoms with E-state index >= 15 is 0 Å². The minimum atomic E-state index is 0.285. The Balaban J connectivity index is 3.82. The van der Waals surface area contributed by atoms with Gasteiger partial charge in [-0.05, 0) is 25.2 Å². The maximum Gasteiger partial charge on any atom is 0.0104 e. The Labute approximate surface area is 70.7 Å². The summed E-state index contributed by atoms with van der Waals surface area (Å²) in [7, 11) is 0. The zero-order valence-corrected chi connectivity index (χ0v) is 8.22. The van der Waals surface area contributed by atoms with Crippen molar-refractivity contribution in [1.82, 2.24) is 0 Å². The zero-order valence-electron chi connectivity index (χ0n) is 8.22. The third-order valence-corrected chi connectivity index (χ3v) is 2.31. The van der Waals surface area contributed by atoms with Crippen LogP contribution in [0.4, 0.5) is 0 Å². The summed E-state index contributed by atoms with van der Waals surface area (Å²) in [5.74, 6) is 1.26. The van der Waals surface area contributed by atoms with E-state index in [9.17, 15) is 0 Å². The Morgan fingerprint density at radius 1 is 1.36 bits per heavy atom. The molecule has 66 valence electrons. The van der Waals surface area contributed by atoms with Gasteiger partial charge >= 0.3 is 0 Å². The van der Waals surface area contributed by atoms with E-state index < -0.39 is 0 Å². The molecule has 0 rings (SSSR count). The molecule has 0 aliphatic heterocycles. The molecule has 0 aliphatic carbocycles. The van der Waals surface area contributed by atoms with Crippen molar-refractivity contribution in [2.24, 2.45) is 17.6 Å². The minimum Gasteiger partial charge on any atom is -0.327 e. The molecule has 0 radical (unpaired) electrons. The molecule has 2 unspecified atom stereocenters. The van der Waals surface area contributed by atoms with Crippen molar-refractivity contribution >= 4 is 0 Å². The van der Waals surface area contributed by atoms with Gasteiger partial charge < -0.3 is 5.73 Å². The predicted molar refractivity (Wildman–Crippen MR) is 51.4 cm³/mol. The Kier molecular flexibility index (Phi) is 4.43. The second-order valence-corrected chi connectivity index (χ2v) is 3.93. The monoisotopic (exact) mass is 155 g/mol. The molecule has 1 heteroatoms. The van der Waals surface area contributed by atoms with Crippen molar-refractivity contribution in [2.75, 3.05) is 0 Å². The number of rotatable bonds is 4. The summed E-state index contributed by atoms with van der Waals surface area (Å²) >= 11 is 0. The molecule has 0 aliphatic rings. The van der Waals surface area contributed by atoms with E-state index in [1.807, 2.05) is 6.92 Å². The maximum atomic E-state index is 5.96. The largest absolute Gasteiger partial charge is 0.327 e. The molecular weight excluding hydrogens is 134 g/mol. The highest BCUT2D eigenvalue weighted by Gasteiger charge is 2.15. The summed E-state index contributed by atoms with van der Waals surface area (Å²) in [4.78, 5) is 0. The Bertz CT molecular complexity index is 127. The van der Waals surface area contributed by atoms with Crippen LogP contribution in [0.5, 0.6) is 0 Å². The number of hydrogen-bond acceptors (Lipinski definition) is 1. The lowest BCUT2D eigenvalue weighted by Crippen LogP contribution is -2.31. The molecule has 0 spiro atoms. The fraction of sp³-hybridized carbons (Fsp3) is 0.800. The Morgan fingerprint density at radius 3 is 2.09 bits per heavy atom. The molecule has 0 saturated heterocycles. The van der Waals surface area contributed by atoms with Crippen LogP contribution in [0.2, 0.25) is 0 Å². The summed E-state index contributed by atoms with van der Waals surface area (Å²) in [5.41, 5.74) is 7.14. The van der Waals surface area contributed by atoms with E-state index in [2.05, 4.69) is 27.4 Å². The summed E-state index contributed by atoms with van der Waals surface area (Å²) in [6.45, 7) is 12.5. The van der Waals surface area contributed by atoms with Gasteiger partial charge in [-0.1, -0.05) is 26.3 Å². The lowest BCUT2D eigenvalue weighted by molar-refractivity contribution is 0.344. The quantitative estimate of drug-likeness (QED) is 0.620. The SMILES string of the molecule is C=C(C)CC(N)C(C)C(C)C. The highest BCUT2D eigenvalue weighted by molar-refractivity contribution is 4.93. The second kappa shape index (κ2) is 4.55. The van der Waals surface area contributed by atoms with E-state index in [1.165, 1.54) is 5.57 Å². The fourth-order valence-corrected chi connectivity index (χ4v) is 1.08. The highest BCUT2D eigenvalue weighted by Crippen LogP contribution is 2.17. The molecule has 0 aromatic heterocycles. The number of nitrogens with two attached hydrogens (primary N) is 1. The summed E-state index contributed by atoms with van der Waals surface area (Å²) < 4.78 is 0. The van der Waals surface area contributed by atoms with Crippen molar-refractivity contribution in [3.63, 3.8) is 0 Å². The van der Waals surface area contributed by atoms with Gasteiger partial charge in [0, 0.05) is 6.04 Å². The van der Waals surface area contributed by atoms with Gasteiger partial charge in [0.25, 0.3) is 0 Å². The van der Waals surface area contributed by atoms with Crippen molar-refractivity contribution in [2.45, 2.75) is 40.2 Å². The molecule has 2 atom stereocenters. The van der Waals surface area contributed by atoms with Gasteiger partial charge in [-0.25, -0.2) is 0 Å². The van der Waals surface area contributed by atoms with Crippen LogP contribution < -0.4 is 5.73 Å². The number of hydrogen-bond donors (Lipinski definition) is 1. The van der Waals surface area contributed by atoms with Crippen LogP contribution in [0.3, 0.4) is 0 Å². The highest BCUT2D eigenvalue weighted by atomic mass is 14.6. The van der Waals surface area contributed by atoms with Gasteiger partial charge in [0.2, 0.25) is 0 Å². The molecule has 2 N–H and O–H groups in total. The first-order valence-electron chi connectivity index (χ1n) is 4.35. The Hall–Kier alpha value is -0.300. The van der Waals surface area contributed by atoms with Gasteiger partial charge in [-0.3, -0.25) is 0 Å². The molecule has 1 nitrogen and oxygen atoms in total. The molecule has 0 saturated carbocycles. The van der Waals surface area contributed by atoms with Crippen molar-refractivity contribution in [3.05, 3.63) is 12.2 Å². The lowest BCUT2D eigenvalue weighted by Gasteiger charge is -2.23. The van der Waals surface area contributed by atoms with E-state index in [1.54, 1.807) is 0 Å². The fourth-order valence-electron chi connectivity index (χ4n) is 1.08. The average Bonchev–Trinajstić information content (AvgIpc) is 1.84. The molecule has 0 aromatic carbocycles. The van der Waals surface area contributed by atoms with Gasteiger partial charge in [0.15, 0.2) is 0 Å². The van der Waals surface area contributed by atoms with E-state index in [0.29, 0.717) is 11.8 Å². The van der Waals surface area contributed by atoms with Crippen LogP contribution in [0.1, 0.15) is 34.1 Å². The lowest BCUT2D eigenvalue weighted by atomic mass is 9.88. The van der Waals surface area contributed by atoms with E-state index in [0.717, 1.165) is 6.42 Å². The molecule has 0 fully saturated rings. The molecule has 0 amide bonds. The van der Waals surface area contributed by atoms with E-state index in [-0.39, 0.29) is 6.04 Å². The molecule has 11 heavy (non-hydrogen) atoms. The standard InChI is InChI=1S/C10H21N/c1-7(2)6-10(11)9(5)8(3)4/h8-10H,1,6,11H2,2-5H3. The average molecular weight is 155 g/mol. The first-order chi connectivity index (χ1) is 4.95. The summed E-state index contributed by atoms with van der Waals surface area (Å²) in [5, 5.41) is 0. The topological polar surface area (TPSA) is 26.0 Å². The second-order valence-electron chi connectivity index (χ2n) is 3.93. The van der Waals surface area contributed by atoms with Crippen molar-refractivity contribution in [3.8, 4) is 0 Å². The maximum absolute atomic E-state index is 5.96. The van der Waals surface area contributed by atoms with Gasteiger partial charge in [-0.2, -0.15) is 0 Å². The summed E-state index contributed by atoms with van der Waals surface area (Å²) in [6.07, 6.45) is 0.958. The van der Waals surface area contributed by atoms with Crippen LogP contribution in [-0.2, 0) is 0 Å². The van der Waals surface area contributed by atoms with E-state index in [4.69, 9.17) is 5.73 Å². The molecule has 0 bridgehead atoms. The summed E-state index contributed by atoms with van der Waals surface area (Å²) in [6, 6.07) is 0.285. The first-order valence-corrected chi connectivity index (χ1v) is 4.35. The van der Waals surface area contributed by atoms with Crippen LogP contribution in [-0.4, -0.2) is 6.04 Å². The smallest absolute Gasteiger partial charge is 0.0104 e. The molecule has 0 aromatic rings. The van der Waals surface area contributed by atoms with Crippen LogP contribution in [0, 0.1) is 11.8 Å². The van der Waals surface area contributed by atoms with Crippen molar-refractivity contribution in [1.29, 1.82) is 0 Å². The molecular formula is C10H21N. The Morgan fingerprint density at radius 2 is 1.82 bits per heavy atom. The first kappa shape index (κ1) is 10.7.